The van der Waals surface area contributed by atoms with Crippen molar-refractivity contribution in [2.75, 3.05) is 14.2 Å². The van der Waals surface area contributed by atoms with Crippen molar-refractivity contribution < 1.29 is 9.63 Å². The Hall–Kier alpha value is -0.520. The number of benzene rings is 1. The van der Waals surface area contributed by atoms with Crippen molar-refractivity contribution >= 4 is 33.6 Å². The second kappa shape index (κ2) is 6.27. The molecule has 0 heterocycles. The smallest absolute Gasteiger partial charge is 0.259 e. The summed E-state index contributed by atoms with van der Waals surface area (Å²) < 4.78 is 1.03. The van der Waals surface area contributed by atoms with Crippen molar-refractivity contribution in [2.45, 2.75) is 17.1 Å². The first kappa shape index (κ1) is 13.5. The zero-order valence-corrected chi connectivity index (χ0v) is 11.8. The van der Waals surface area contributed by atoms with Gasteiger partial charge in [0.1, 0.15) is 0 Å². The second-order valence-electron chi connectivity index (χ2n) is 3.23. The molecule has 0 radical (unpaired) electrons. The number of rotatable bonds is 4. The van der Waals surface area contributed by atoms with Gasteiger partial charge in [0.2, 0.25) is 0 Å². The van der Waals surface area contributed by atoms with E-state index in [2.05, 4.69) is 15.9 Å². The molecule has 0 bridgehead atoms. The van der Waals surface area contributed by atoms with E-state index in [1.807, 2.05) is 31.2 Å². The molecule has 0 fully saturated rings. The number of hydrogen-bond acceptors (Lipinski definition) is 3. The van der Waals surface area contributed by atoms with Crippen LogP contribution in [0.15, 0.2) is 33.6 Å². The number of nitrogens with zero attached hydrogens (tertiary/aromatic N) is 1. The van der Waals surface area contributed by atoms with E-state index in [1.54, 1.807) is 7.05 Å². The van der Waals surface area contributed by atoms with Gasteiger partial charge in [0.15, 0.2) is 0 Å². The van der Waals surface area contributed by atoms with Crippen LogP contribution in [0.2, 0.25) is 0 Å². The molecular weight excluding hydrogens is 290 g/mol. The lowest BCUT2D eigenvalue weighted by molar-refractivity contribution is -0.167. The summed E-state index contributed by atoms with van der Waals surface area (Å²) in [6.07, 6.45) is 0. The zero-order chi connectivity index (χ0) is 12.1. The second-order valence-corrected chi connectivity index (χ2v) is 5.56. The molecule has 5 heteroatoms. The topological polar surface area (TPSA) is 29.5 Å². The van der Waals surface area contributed by atoms with E-state index in [0.29, 0.717) is 0 Å². The molecule has 1 aromatic carbocycles. The Balaban J connectivity index is 2.60. The first-order valence-electron chi connectivity index (χ1n) is 4.78. The largest absolute Gasteiger partial charge is 0.275 e. The molecule has 1 atom stereocenters. The maximum Gasteiger partial charge on any atom is 0.259 e. The number of halogens is 1. The lowest BCUT2D eigenvalue weighted by Gasteiger charge is -2.18. The molecule has 0 N–H and O–H groups in total. The van der Waals surface area contributed by atoms with Gasteiger partial charge in [-0.3, -0.25) is 9.63 Å². The summed E-state index contributed by atoms with van der Waals surface area (Å²) in [6.45, 7) is 1.87. The quantitative estimate of drug-likeness (QED) is 0.633. The summed E-state index contributed by atoms with van der Waals surface area (Å²) in [4.78, 5) is 17.6. The molecule has 0 aliphatic rings. The van der Waals surface area contributed by atoms with Crippen LogP contribution in [-0.4, -0.2) is 30.4 Å². The highest BCUT2D eigenvalue weighted by Gasteiger charge is 2.18. The Bertz CT molecular complexity index is 356. The third-order valence-electron chi connectivity index (χ3n) is 2.06. The maximum absolute atomic E-state index is 11.7. The highest BCUT2D eigenvalue weighted by molar-refractivity contribution is 9.10. The fourth-order valence-corrected chi connectivity index (χ4v) is 2.33. The van der Waals surface area contributed by atoms with Gasteiger partial charge in [-0.15, -0.1) is 11.8 Å². The van der Waals surface area contributed by atoms with Crippen molar-refractivity contribution in [3.63, 3.8) is 0 Å². The van der Waals surface area contributed by atoms with Crippen molar-refractivity contribution in [1.29, 1.82) is 0 Å². The lowest BCUT2D eigenvalue weighted by Crippen LogP contribution is -2.32. The molecule has 88 valence electrons. The van der Waals surface area contributed by atoms with E-state index in [1.165, 1.54) is 23.9 Å². The van der Waals surface area contributed by atoms with Gasteiger partial charge < -0.3 is 0 Å². The van der Waals surface area contributed by atoms with Crippen LogP contribution in [0.5, 0.6) is 0 Å². The Morgan fingerprint density at radius 1 is 1.44 bits per heavy atom. The minimum atomic E-state index is -0.161. The van der Waals surface area contributed by atoms with Crippen LogP contribution >= 0.6 is 27.7 Å². The number of amides is 1. The van der Waals surface area contributed by atoms with E-state index < -0.39 is 0 Å². The average molecular weight is 304 g/mol. The SMILES string of the molecule is CON(C)C(=O)C(C)Sc1ccc(Br)cc1. The molecule has 1 unspecified atom stereocenters. The van der Waals surface area contributed by atoms with Crippen LogP contribution in [0.1, 0.15) is 6.92 Å². The molecule has 0 spiro atoms. The van der Waals surface area contributed by atoms with Crippen LogP contribution in [0.3, 0.4) is 0 Å². The maximum atomic E-state index is 11.7. The molecule has 0 aliphatic heterocycles. The predicted octanol–water partition coefficient (Wildman–Crippen LogP) is 2.95. The summed E-state index contributed by atoms with van der Waals surface area (Å²) in [5.74, 6) is -0.0459. The number of hydroxylamine groups is 2. The van der Waals surface area contributed by atoms with Gasteiger partial charge >= 0.3 is 0 Å². The van der Waals surface area contributed by atoms with Crippen molar-refractivity contribution in [1.82, 2.24) is 5.06 Å². The predicted molar refractivity (Wildman–Crippen MR) is 69.2 cm³/mol. The molecule has 3 nitrogen and oxygen atoms in total. The van der Waals surface area contributed by atoms with E-state index in [-0.39, 0.29) is 11.2 Å². The number of carbonyl (C=O) groups excluding carboxylic acids is 1. The number of hydrogen-bond donors (Lipinski definition) is 0. The lowest BCUT2D eigenvalue weighted by atomic mass is 10.4. The first-order valence-corrected chi connectivity index (χ1v) is 6.45. The molecular formula is C11H14BrNO2S. The van der Waals surface area contributed by atoms with Gasteiger partial charge in [0.05, 0.1) is 12.4 Å². The van der Waals surface area contributed by atoms with Gasteiger partial charge in [0.25, 0.3) is 5.91 Å². The summed E-state index contributed by atoms with van der Waals surface area (Å²) >= 11 is 4.88. The minimum absolute atomic E-state index is 0.0459. The molecule has 16 heavy (non-hydrogen) atoms. The monoisotopic (exact) mass is 303 g/mol. The third-order valence-corrected chi connectivity index (χ3v) is 3.69. The highest BCUT2D eigenvalue weighted by atomic mass is 79.9. The Morgan fingerprint density at radius 2 is 2.00 bits per heavy atom. The van der Waals surface area contributed by atoms with Crippen LogP contribution in [0.25, 0.3) is 0 Å². The standard InChI is InChI=1S/C11H14BrNO2S/c1-8(11(14)13(2)15-3)16-10-6-4-9(12)5-7-10/h4-8H,1-3H3. The van der Waals surface area contributed by atoms with Gasteiger partial charge in [-0.2, -0.15) is 0 Å². The van der Waals surface area contributed by atoms with Crippen molar-refractivity contribution in [3.05, 3.63) is 28.7 Å². The van der Waals surface area contributed by atoms with Crippen LogP contribution < -0.4 is 0 Å². The summed E-state index contributed by atoms with van der Waals surface area (Å²) in [7, 11) is 3.09. The van der Waals surface area contributed by atoms with E-state index >= 15 is 0 Å². The fourth-order valence-electron chi connectivity index (χ4n) is 1.11. The molecule has 0 saturated heterocycles. The zero-order valence-electron chi connectivity index (χ0n) is 9.44. The van der Waals surface area contributed by atoms with Gasteiger partial charge in [0, 0.05) is 16.4 Å². The van der Waals surface area contributed by atoms with Crippen LogP contribution in [0.4, 0.5) is 0 Å². The van der Waals surface area contributed by atoms with Crippen LogP contribution in [-0.2, 0) is 9.63 Å². The van der Waals surface area contributed by atoms with E-state index in [0.717, 1.165) is 9.37 Å². The fraction of sp³-hybridized carbons (Fsp3) is 0.364. The highest BCUT2D eigenvalue weighted by Crippen LogP contribution is 2.25. The number of thioether (sulfide) groups is 1. The molecule has 0 saturated carbocycles. The summed E-state index contributed by atoms with van der Waals surface area (Å²) in [5, 5.41) is 1.09. The minimum Gasteiger partial charge on any atom is -0.275 e. The van der Waals surface area contributed by atoms with Crippen molar-refractivity contribution in [2.24, 2.45) is 0 Å². The Morgan fingerprint density at radius 3 is 2.50 bits per heavy atom. The summed E-state index contributed by atoms with van der Waals surface area (Å²) in [5.41, 5.74) is 0. The van der Waals surface area contributed by atoms with Gasteiger partial charge in [-0.25, -0.2) is 5.06 Å². The first-order chi connectivity index (χ1) is 7.54. The molecule has 1 aromatic rings. The molecule has 0 aliphatic carbocycles. The number of carbonyl (C=O) groups is 1. The van der Waals surface area contributed by atoms with Crippen LogP contribution in [0, 0.1) is 0 Å². The summed E-state index contributed by atoms with van der Waals surface area (Å²) in [6, 6.07) is 7.87. The molecule has 0 aromatic heterocycles. The van der Waals surface area contributed by atoms with Crippen molar-refractivity contribution in [3.8, 4) is 0 Å². The third kappa shape index (κ3) is 3.81. The van der Waals surface area contributed by atoms with Gasteiger partial charge in [-0.05, 0) is 31.2 Å². The molecule has 1 amide bonds. The van der Waals surface area contributed by atoms with E-state index in [9.17, 15) is 4.79 Å². The van der Waals surface area contributed by atoms with E-state index in [4.69, 9.17) is 4.84 Å². The normalized spacial score (nSPS) is 12.2. The van der Waals surface area contributed by atoms with Gasteiger partial charge in [-0.1, -0.05) is 15.9 Å². The Labute approximate surface area is 108 Å². The Kier molecular flexibility index (Phi) is 5.31. The average Bonchev–Trinajstić information content (AvgIpc) is 2.30. The molecule has 1 rings (SSSR count).